The Labute approximate surface area is 175 Å². The van der Waals surface area contributed by atoms with Gasteiger partial charge in [0.25, 0.3) is 11.7 Å². The maximum atomic E-state index is 13.0. The molecule has 1 atom stereocenters. The van der Waals surface area contributed by atoms with Crippen molar-refractivity contribution in [1.29, 1.82) is 0 Å². The number of phenolic OH excluding ortho intramolecular Hbond substituents is 1. The van der Waals surface area contributed by atoms with E-state index in [2.05, 4.69) is 15.9 Å². The average Bonchev–Trinajstić information content (AvgIpc) is 3.00. The number of aromatic hydroxyl groups is 1. The van der Waals surface area contributed by atoms with Gasteiger partial charge >= 0.3 is 0 Å². The third-order valence-corrected chi connectivity index (χ3v) is 5.33. The van der Waals surface area contributed by atoms with Crippen LogP contribution in [-0.4, -0.2) is 21.9 Å². The van der Waals surface area contributed by atoms with E-state index in [4.69, 9.17) is 0 Å². The zero-order valence-corrected chi connectivity index (χ0v) is 16.7. The van der Waals surface area contributed by atoms with Crippen LogP contribution in [0, 0.1) is 0 Å². The molecule has 1 aliphatic rings. The van der Waals surface area contributed by atoms with Crippen molar-refractivity contribution in [2.75, 3.05) is 4.90 Å². The van der Waals surface area contributed by atoms with Crippen LogP contribution in [0.4, 0.5) is 5.69 Å². The molecule has 1 amide bonds. The van der Waals surface area contributed by atoms with Gasteiger partial charge in [0.15, 0.2) is 0 Å². The third kappa shape index (κ3) is 3.43. The lowest BCUT2D eigenvalue weighted by molar-refractivity contribution is -0.132. The second-order valence-corrected chi connectivity index (χ2v) is 7.52. The van der Waals surface area contributed by atoms with Gasteiger partial charge in [-0.05, 0) is 42.0 Å². The van der Waals surface area contributed by atoms with Crippen LogP contribution in [0.25, 0.3) is 5.76 Å². The summed E-state index contributed by atoms with van der Waals surface area (Å²) in [4.78, 5) is 27.3. The highest BCUT2D eigenvalue weighted by molar-refractivity contribution is 9.10. The normalized spacial score (nSPS) is 18.2. The molecule has 0 saturated carbocycles. The first-order valence-electron chi connectivity index (χ1n) is 8.88. The monoisotopic (exact) mass is 449 g/mol. The van der Waals surface area contributed by atoms with Gasteiger partial charge in [-0.2, -0.15) is 0 Å². The molecule has 0 spiro atoms. The van der Waals surface area contributed by atoms with Crippen LogP contribution < -0.4 is 4.90 Å². The second kappa shape index (κ2) is 7.56. The highest BCUT2D eigenvalue weighted by atomic mass is 79.9. The van der Waals surface area contributed by atoms with Gasteiger partial charge in [-0.3, -0.25) is 14.5 Å². The topological polar surface area (TPSA) is 77.8 Å². The number of ketones is 1. The zero-order chi connectivity index (χ0) is 20.5. The quantitative estimate of drug-likeness (QED) is 0.342. The molecule has 6 heteroatoms. The Balaban J connectivity index is 1.94. The summed E-state index contributed by atoms with van der Waals surface area (Å²) < 4.78 is 0.828. The Kier molecular flexibility index (Phi) is 4.94. The predicted octanol–water partition coefficient (Wildman–Crippen LogP) is 4.78. The number of halogens is 1. The lowest BCUT2D eigenvalue weighted by atomic mass is 9.95. The SMILES string of the molecule is O=C1C(=O)N(c2ccccc2)[C@@H](c2ccc(O)cc2)C1=C(O)c1ccc(Br)cc1. The van der Waals surface area contributed by atoms with Gasteiger partial charge in [0.2, 0.25) is 0 Å². The van der Waals surface area contributed by atoms with Crippen molar-refractivity contribution in [3.8, 4) is 5.75 Å². The van der Waals surface area contributed by atoms with Gasteiger partial charge in [0.05, 0.1) is 11.6 Å². The number of amides is 1. The number of phenols is 1. The fourth-order valence-corrected chi connectivity index (χ4v) is 3.69. The van der Waals surface area contributed by atoms with Crippen LogP contribution in [0.5, 0.6) is 5.75 Å². The van der Waals surface area contributed by atoms with E-state index in [1.807, 2.05) is 6.07 Å². The Bertz CT molecular complexity index is 1110. The molecule has 29 heavy (non-hydrogen) atoms. The second-order valence-electron chi connectivity index (χ2n) is 6.60. The molecule has 0 radical (unpaired) electrons. The fraction of sp³-hybridized carbons (Fsp3) is 0.0435. The number of benzene rings is 3. The molecule has 3 aromatic rings. The van der Waals surface area contributed by atoms with Gasteiger partial charge in [-0.25, -0.2) is 0 Å². The molecule has 1 heterocycles. The summed E-state index contributed by atoms with van der Waals surface area (Å²) in [6.07, 6.45) is 0. The lowest BCUT2D eigenvalue weighted by Crippen LogP contribution is -2.29. The Morgan fingerprint density at radius 1 is 0.862 bits per heavy atom. The van der Waals surface area contributed by atoms with Crippen molar-refractivity contribution in [2.24, 2.45) is 0 Å². The average molecular weight is 450 g/mol. The van der Waals surface area contributed by atoms with Crippen molar-refractivity contribution in [3.63, 3.8) is 0 Å². The van der Waals surface area contributed by atoms with Crippen molar-refractivity contribution < 1.29 is 19.8 Å². The Hall–Kier alpha value is -3.38. The number of hydrogen-bond acceptors (Lipinski definition) is 4. The molecule has 1 fully saturated rings. The molecule has 0 aromatic heterocycles. The number of Topliss-reactive ketones (excluding diaryl/α,β-unsaturated/α-hetero) is 1. The highest BCUT2D eigenvalue weighted by Crippen LogP contribution is 2.42. The van der Waals surface area contributed by atoms with Gasteiger partial charge in [0, 0.05) is 15.7 Å². The number of carbonyl (C=O) groups is 2. The number of para-hydroxylation sites is 1. The molecule has 2 N–H and O–H groups in total. The van der Waals surface area contributed by atoms with Crippen molar-refractivity contribution >= 4 is 39.1 Å². The van der Waals surface area contributed by atoms with E-state index in [-0.39, 0.29) is 17.1 Å². The number of hydrogen-bond donors (Lipinski definition) is 2. The van der Waals surface area contributed by atoms with E-state index in [1.54, 1.807) is 60.7 Å². The predicted molar refractivity (Wildman–Crippen MR) is 113 cm³/mol. The van der Waals surface area contributed by atoms with Gasteiger partial charge < -0.3 is 10.2 Å². The number of anilines is 1. The van der Waals surface area contributed by atoms with Crippen molar-refractivity contribution in [3.05, 3.63) is 100 Å². The van der Waals surface area contributed by atoms with Crippen molar-refractivity contribution in [1.82, 2.24) is 0 Å². The number of aliphatic hydroxyl groups is 1. The number of nitrogens with zero attached hydrogens (tertiary/aromatic N) is 1. The van der Waals surface area contributed by atoms with E-state index in [1.165, 1.54) is 17.0 Å². The first-order chi connectivity index (χ1) is 14.0. The number of carbonyl (C=O) groups excluding carboxylic acids is 2. The van der Waals surface area contributed by atoms with E-state index in [0.29, 0.717) is 16.8 Å². The summed E-state index contributed by atoms with van der Waals surface area (Å²) in [5.41, 5.74) is 1.59. The van der Waals surface area contributed by atoms with Crippen LogP contribution in [0.2, 0.25) is 0 Å². The summed E-state index contributed by atoms with van der Waals surface area (Å²) in [5.74, 6) is -1.65. The lowest BCUT2D eigenvalue weighted by Gasteiger charge is -2.25. The Morgan fingerprint density at radius 2 is 1.48 bits per heavy atom. The van der Waals surface area contributed by atoms with Gasteiger partial charge in [-0.15, -0.1) is 0 Å². The molecular weight excluding hydrogens is 434 g/mol. The van der Waals surface area contributed by atoms with Crippen LogP contribution in [0.1, 0.15) is 17.2 Å². The summed E-state index contributed by atoms with van der Waals surface area (Å²) in [7, 11) is 0. The molecule has 3 aromatic carbocycles. The molecule has 0 unspecified atom stereocenters. The van der Waals surface area contributed by atoms with Crippen LogP contribution in [0.15, 0.2) is 88.9 Å². The van der Waals surface area contributed by atoms with Crippen LogP contribution in [-0.2, 0) is 9.59 Å². The molecule has 0 aliphatic carbocycles. The Morgan fingerprint density at radius 3 is 2.10 bits per heavy atom. The van der Waals surface area contributed by atoms with E-state index < -0.39 is 17.7 Å². The zero-order valence-electron chi connectivity index (χ0n) is 15.1. The number of rotatable bonds is 3. The third-order valence-electron chi connectivity index (χ3n) is 4.81. The fourth-order valence-electron chi connectivity index (χ4n) is 3.42. The molecule has 4 rings (SSSR count). The van der Waals surface area contributed by atoms with Gasteiger partial charge in [-0.1, -0.05) is 58.4 Å². The summed E-state index contributed by atoms with van der Waals surface area (Å²) in [6.45, 7) is 0. The van der Waals surface area contributed by atoms with E-state index in [0.717, 1.165) is 4.47 Å². The summed E-state index contributed by atoms with van der Waals surface area (Å²) in [6, 6.07) is 21.1. The number of aliphatic hydroxyl groups excluding tert-OH is 1. The molecule has 5 nitrogen and oxygen atoms in total. The van der Waals surface area contributed by atoms with E-state index >= 15 is 0 Å². The minimum Gasteiger partial charge on any atom is -0.508 e. The first-order valence-corrected chi connectivity index (χ1v) is 9.67. The summed E-state index contributed by atoms with van der Waals surface area (Å²) in [5, 5.41) is 20.6. The molecule has 144 valence electrons. The van der Waals surface area contributed by atoms with Crippen LogP contribution >= 0.6 is 15.9 Å². The minimum atomic E-state index is -0.818. The molecule has 1 saturated heterocycles. The first kappa shape index (κ1) is 19.0. The van der Waals surface area contributed by atoms with Gasteiger partial charge in [0.1, 0.15) is 11.5 Å². The van der Waals surface area contributed by atoms with Crippen LogP contribution in [0.3, 0.4) is 0 Å². The standard InChI is InChI=1S/C23H16BrNO4/c24-16-10-6-15(7-11-16)21(27)19-20(14-8-12-18(26)13-9-14)25(23(29)22(19)28)17-4-2-1-3-5-17/h1-13,20,26-27H/t20-/m0/s1. The molecule has 0 bridgehead atoms. The molecular formula is C23H16BrNO4. The van der Waals surface area contributed by atoms with E-state index in [9.17, 15) is 19.8 Å². The molecule has 1 aliphatic heterocycles. The van der Waals surface area contributed by atoms with Crippen molar-refractivity contribution in [2.45, 2.75) is 6.04 Å². The summed E-state index contributed by atoms with van der Waals surface area (Å²) >= 11 is 3.34. The maximum Gasteiger partial charge on any atom is 0.300 e. The highest BCUT2D eigenvalue weighted by Gasteiger charge is 2.46. The maximum absolute atomic E-state index is 13.0. The largest absolute Gasteiger partial charge is 0.508 e. The minimum absolute atomic E-state index is 0.00636. The smallest absolute Gasteiger partial charge is 0.300 e.